The molecule has 2 amide bonds. The third kappa shape index (κ3) is 3.84. The van der Waals surface area contributed by atoms with Crippen LogP contribution in [-0.2, 0) is 0 Å². The highest BCUT2D eigenvalue weighted by Crippen LogP contribution is 2.40. The topological polar surface area (TPSA) is 133 Å². The maximum atomic E-state index is 12.7. The molecular formula is C25H24N8O3. The number of amides is 2. The first-order valence-corrected chi connectivity index (χ1v) is 11.7. The van der Waals surface area contributed by atoms with Gasteiger partial charge in [0.15, 0.2) is 0 Å². The second-order valence-electron chi connectivity index (χ2n) is 8.89. The number of rotatable bonds is 4. The molecular weight excluding hydrogens is 460 g/mol. The van der Waals surface area contributed by atoms with E-state index in [-0.39, 0.29) is 18.0 Å². The maximum absolute atomic E-state index is 12.7. The van der Waals surface area contributed by atoms with Gasteiger partial charge in [0, 0.05) is 31.1 Å². The van der Waals surface area contributed by atoms with E-state index in [1.807, 2.05) is 59.3 Å². The Labute approximate surface area is 206 Å². The van der Waals surface area contributed by atoms with Crippen LogP contribution in [0.15, 0.2) is 67.3 Å². The van der Waals surface area contributed by atoms with Crippen molar-refractivity contribution in [1.29, 1.82) is 0 Å². The second kappa shape index (κ2) is 8.84. The normalized spacial score (nSPS) is 18.6. The van der Waals surface area contributed by atoms with Crippen molar-refractivity contribution in [3.05, 3.63) is 72.8 Å². The number of hydrogen-bond acceptors (Lipinski definition) is 7. The quantitative estimate of drug-likeness (QED) is 0.455. The fourth-order valence-electron chi connectivity index (χ4n) is 4.98. The molecule has 2 aliphatic rings. The molecule has 2 atom stereocenters. The molecule has 0 radical (unpaired) electrons. The SMILES string of the molecule is NC(=O)c1c(-c2ccc(Oc3ccccc3)cc2)nn2c1NCC1CN(C(=O)n3cncn3)CCC12. The van der Waals surface area contributed by atoms with E-state index in [0.29, 0.717) is 48.9 Å². The van der Waals surface area contributed by atoms with Crippen LogP contribution in [0, 0.1) is 5.92 Å². The van der Waals surface area contributed by atoms with Gasteiger partial charge in [-0.3, -0.25) is 4.79 Å². The zero-order valence-electron chi connectivity index (χ0n) is 19.3. The number of nitrogens with two attached hydrogens (primary N) is 1. The summed E-state index contributed by atoms with van der Waals surface area (Å²) in [4.78, 5) is 30.9. The molecule has 2 aromatic heterocycles. The largest absolute Gasteiger partial charge is 0.457 e. The Morgan fingerprint density at radius 3 is 2.56 bits per heavy atom. The molecule has 4 aromatic rings. The van der Waals surface area contributed by atoms with Crippen LogP contribution >= 0.6 is 0 Å². The monoisotopic (exact) mass is 484 g/mol. The molecule has 0 bridgehead atoms. The smallest absolute Gasteiger partial charge is 0.346 e. The minimum absolute atomic E-state index is 0.0357. The molecule has 1 fully saturated rings. The standard InChI is InChI=1S/C25H24N8O3/c26-23(34)21-22(16-6-8-19(9-7-16)36-18-4-2-1-3-5-18)30-33-20-10-11-31(13-17(20)12-28-24(21)33)25(35)32-15-27-14-29-32/h1-9,14-15,17,20,28H,10-13H2,(H2,26,34). The number of nitrogens with one attached hydrogen (secondary N) is 1. The number of nitrogens with zero attached hydrogens (tertiary/aromatic N) is 6. The molecule has 36 heavy (non-hydrogen) atoms. The van der Waals surface area contributed by atoms with Gasteiger partial charge in [0.05, 0.1) is 6.04 Å². The predicted molar refractivity (Wildman–Crippen MR) is 131 cm³/mol. The van der Waals surface area contributed by atoms with Crippen LogP contribution in [0.4, 0.5) is 10.6 Å². The van der Waals surface area contributed by atoms with E-state index in [1.54, 1.807) is 4.90 Å². The molecule has 0 spiro atoms. The summed E-state index contributed by atoms with van der Waals surface area (Å²) in [6.45, 7) is 1.69. The van der Waals surface area contributed by atoms with Crippen LogP contribution in [0.1, 0.15) is 22.8 Å². The van der Waals surface area contributed by atoms with Gasteiger partial charge < -0.3 is 20.7 Å². The fourth-order valence-corrected chi connectivity index (χ4v) is 4.98. The average molecular weight is 485 g/mol. The highest BCUT2D eigenvalue weighted by Gasteiger charge is 2.39. The van der Waals surface area contributed by atoms with Gasteiger partial charge in [0.25, 0.3) is 5.91 Å². The first kappa shape index (κ1) is 21.8. The van der Waals surface area contributed by atoms with Crippen LogP contribution in [0.5, 0.6) is 11.5 Å². The van der Waals surface area contributed by atoms with Crippen LogP contribution in [-0.4, -0.2) is 61.0 Å². The van der Waals surface area contributed by atoms with Gasteiger partial charge >= 0.3 is 6.03 Å². The highest BCUT2D eigenvalue weighted by molar-refractivity contribution is 6.03. The molecule has 6 rings (SSSR count). The molecule has 2 unspecified atom stereocenters. The van der Waals surface area contributed by atoms with E-state index in [0.717, 1.165) is 11.3 Å². The van der Waals surface area contributed by atoms with Gasteiger partial charge in [-0.15, -0.1) is 0 Å². The number of fused-ring (bicyclic) bond motifs is 3. The summed E-state index contributed by atoms with van der Waals surface area (Å²) in [5.74, 6) is 1.62. The summed E-state index contributed by atoms with van der Waals surface area (Å²) in [7, 11) is 0. The summed E-state index contributed by atoms with van der Waals surface area (Å²) in [5, 5.41) is 12.1. The van der Waals surface area contributed by atoms with Crippen molar-refractivity contribution in [2.24, 2.45) is 11.7 Å². The third-order valence-electron chi connectivity index (χ3n) is 6.69. The van der Waals surface area contributed by atoms with Crippen molar-refractivity contribution in [1.82, 2.24) is 29.4 Å². The number of carbonyl (C=O) groups excluding carboxylic acids is 2. The fraction of sp³-hybridized carbons (Fsp3) is 0.240. The van der Waals surface area contributed by atoms with Gasteiger partial charge in [-0.2, -0.15) is 14.9 Å². The lowest BCUT2D eigenvalue weighted by Crippen LogP contribution is -2.50. The maximum Gasteiger partial charge on any atom is 0.346 e. The van der Waals surface area contributed by atoms with Crippen LogP contribution in [0.2, 0.25) is 0 Å². The zero-order valence-corrected chi connectivity index (χ0v) is 19.3. The predicted octanol–water partition coefficient (Wildman–Crippen LogP) is 2.99. The molecule has 0 aliphatic carbocycles. The molecule has 4 heterocycles. The summed E-state index contributed by atoms with van der Waals surface area (Å²) < 4.78 is 8.99. The summed E-state index contributed by atoms with van der Waals surface area (Å²) >= 11 is 0. The molecule has 2 aromatic carbocycles. The lowest BCUT2D eigenvalue weighted by atomic mass is 9.90. The Hall–Kier alpha value is -4.67. The molecule has 3 N–H and O–H groups in total. The molecule has 0 saturated carbocycles. The van der Waals surface area contributed by atoms with Gasteiger partial charge in [0.2, 0.25) is 0 Å². The number of benzene rings is 2. The molecule has 1 saturated heterocycles. The molecule has 2 aliphatic heterocycles. The van der Waals surface area contributed by atoms with Crippen LogP contribution in [0.25, 0.3) is 11.3 Å². The first-order chi connectivity index (χ1) is 17.6. The second-order valence-corrected chi connectivity index (χ2v) is 8.89. The lowest BCUT2D eigenvalue weighted by molar-refractivity contribution is 0.100. The number of carbonyl (C=O) groups is 2. The Kier molecular flexibility index (Phi) is 5.36. The number of aromatic nitrogens is 5. The Balaban J connectivity index is 1.26. The van der Waals surface area contributed by atoms with Crippen LogP contribution < -0.4 is 15.8 Å². The Morgan fingerprint density at radius 2 is 1.83 bits per heavy atom. The van der Waals surface area contributed by atoms with Gasteiger partial charge in [-0.25, -0.2) is 14.5 Å². The molecule has 11 heteroatoms. The van der Waals surface area contributed by atoms with Crippen molar-refractivity contribution >= 4 is 17.8 Å². The number of anilines is 1. The number of primary amides is 1. The van der Waals surface area contributed by atoms with Gasteiger partial charge in [-0.1, -0.05) is 18.2 Å². The Bertz CT molecular complexity index is 1400. The van der Waals surface area contributed by atoms with Gasteiger partial charge in [0.1, 0.15) is 41.2 Å². The van der Waals surface area contributed by atoms with Crippen molar-refractivity contribution in [2.75, 3.05) is 25.0 Å². The Morgan fingerprint density at radius 1 is 1.06 bits per heavy atom. The number of hydrogen-bond donors (Lipinski definition) is 2. The average Bonchev–Trinajstić information content (AvgIpc) is 3.58. The molecule has 182 valence electrons. The third-order valence-corrected chi connectivity index (χ3v) is 6.69. The van der Waals surface area contributed by atoms with E-state index < -0.39 is 5.91 Å². The van der Waals surface area contributed by atoms with E-state index in [2.05, 4.69) is 15.4 Å². The summed E-state index contributed by atoms with van der Waals surface area (Å²) in [5.41, 5.74) is 7.47. The number of ether oxygens (including phenoxy) is 1. The van der Waals surface area contributed by atoms with E-state index in [4.69, 9.17) is 15.6 Å². The summed E-state index contributed by atoms with van der Waals surface area (Å²) in [6, 6.07) is 16.8. The number of likely N-dealkylation sites (tertiary alicyclic amines) is 1. The lowest BCUT2D eigenvalue weighted by Gasteiger charge is -2.41. The van der Waals surface area contributed by atoms with E-state index in [9.17, 15) is 9.59 Å². The zero-order chi connectivity index (χ0) is 24.6. The molecule has 11 nitrogen and oxygen atoms in total. The minimum Gasteiger partial charge on any atom is -0.457 e. The van der Waals surface area contributed by atoms with Crippen LogP contribution in [0.3, 0.4) is 0 Å². The first-order valence-electron chi connectivity index (χ1n) is 11.7. The van der Waals surface area contributed by atoms with Gasteiger partial charge in [-0.05, 0) is 42.8 Å². The minimum atomic E-state index is -0.541. The summed E-state index contributed by atoms with van der Waals surface area (Å²) in [6.07, 6.45) is 3.44. The van der Waals surface area contributed by atoms with E-state index >= 15 is 0 Å². The van der Waals surface area contributed by atoms with E-state index in [1.165, 1.54) is 17.3 Å². The van der Waals surface area contributed by atoms with Crippen molar-refractivity contribution in [2.45, 2.75) is 12.5 Å². The highest BCUT2D eigenvalue weighted by atomic mass is 16.5. The van der Waals surface area contributed by atoms with Crippen molar-refractivity contribution < 1.29 is 14.3 Å². The van der Waals surface area contributed by atoms with Crippen molar-refractivity contribution in [3.63, 3.8) is 0 Å². The van der Waals surface area contributed by atoms with Crippen molar-refractivity contribution in [3.8, 4) is 22.8 Å². The number of para-hydroxylation sites is 1. The number of piperidine rings is 1.